The van der Waals surface area contributed by atoms with E-state index in [0.29, 0.717) is 11.6 Å². The number of aromatic nitrogens is 2. The zero-order valence-corrected chi connectivity index (χ0v) is 12.5. The third kappa shape index (κ3) is 3.82. The largest absolute Gasteiger partial charge is 0.381 e. The van der Waals surface area contributed by atoms with Gasteiger partial charge in [0.15, 0.2) is 0 Å². The van der Waals surface area contributed by atoms with Crippen molar-refractivity contribution < 1.29 is 9.53 Å². The van der Waals surface area contributed by atoms with Gasteiger partial charge in [-0.3, -0.25) is 9.89 Å². The fourth-order valence-electron chi connectivity index (χ4n) is 2.58. The summed E-state index contributed by atoms with van der Waals surface area (Å²) in [5.74, 6) is 0.515. The number of likely N-dealkylation sites (tertiary alicyclic amines) is 1. The molecule has 1 fully saturated rings. The third-order valence-corrected chi connectivity index (χ3v) is 3.64. The number of nitrogens with one attached hydrogen (secondary N) is 1. The number of carbonyl (C=O) groups is 1. The molecule has 2 rings (SSSR count). The Morgan fingerprint density at radius 1 is 1.50 bits per heavy atom. The maximum Gasteiger partial charge on any atom is 0.274 e. The molecular weight excluding hydrogens is 254 g/mol. The number of hydrogen-bond acceptors (Lipinski definition) is 3. The molecule has 1 saturated heterocycles. The summed E-state index contributed by atoms with van der Waals surface area (Å²) >= 11 is 0. The van der Waals surface area contributed by atoms with E-state index in [1.807, 2.05) is 11.0 Å². The summed E-state index contributed by atoms with van der Waals surface area (Å²) in [5, 5.41) is 7.07. The number of amides is 1. The fourth-order valence-corrected chi connectivity index (χ4v) is 2.58. The van der Waals surface area contributed by atoms with Gasteiger partial charge < -0.3 is 9.64 Å². The van der Waals surface area contributed by atoms with Crippen molar-refractivity contribution >= 4 is 5.91 Å². The molecule has 1 aromatic heterocycles. The van der Waals surface area contributed by atoms with Gasteiger partial charge in [0.2, 0.25) is 0 Å². The van der Waals surface area contributed by atoms with Gasteiger partial charge in [0.05, 0.1) is 6.61 Å². The van der Waals surface area contributed by atoms with Crippen LogP contribution in [0, 0.1) is 5.92 Å². The van der Waals surface area contributed by atoms with E-state index in [1.54, 1.807) is 0 Å². The van der Waals surface area contributed by atoms with Crippen LogP contribution in [0.15, 0.2) is 6.07 Å². The van der Waals surface area contributed by atoms with Crippen LogP contribution in [-0.4, -0.2) is 47.3 Å². The van der Waals surface area contributed by atoms with Crippen molar-refractivity contribution in [2.24, 2.45) is 5.92 Å². The van der Waals surface area contributed by atoms with E-state index >= 15 is 0 Å². The predicted octanol–water partition coefficient (Wildman–Crippen LogP) is 2.25. The van der Waals surface area contributed by atoms with E-state index < -0.39 is 0 Å². The number of H-pyrrole nitrogens is 1. The van der Waals surface area contributed by atoms with Gasteiger partial charge in [-0.25, -0.2) is 0 Å². The Balaban J connectivity index is 1.83. The van der Waals surface area contributed by atoms with Crippen LogP contribution < -0.4 is 0 Å². The molecule has 1 atom stereocenters. The van der Waals surface area contributed by atoms with Gasteiger partial charge in [0.25, 0.3) is 5.91 Å². The third-order valence-electron chi connectivity index (χ3n) is 3.64. The minimum Gasteiger partial charge on any atom is -0.381 e. The summed E-state index contributed by atoms with van der Waals surface area (Å²) in [6.07, 6.45) is 4.06. The summed E-state index contributed by atoms with van der Waals surface area (Å²) < 4.78 is 5.58. The van der Waals surface area contributed by atoms with Crippen molar-refractivity contribution in [3.05, 3.63) is 17.5 Å². The van der Waals surface area contributed by atoms with Gasteiger partial charge >= 0.3 is 0 Å². The highest BCUT2D eigenvalue weighted by Crippen LogP contribution is 2.19. The minimum absolute atomic E-state index is 0.0431. The van der Waals surface area contributed by atoms with Crippen molar-refractivity contribution in [3.63, 3.8) is 0 Å². The highest BCUT2D eigenvalue weighted by atomic mass is 16.5. The van der Waals surface area contributed by atoms with Crippen LogP contribution in [0.25, 0.3) is 0 Å². The molecule has 0 bridgehead atoms. The molecule has 1 unspecified atom stereocenters. The normalized spacial score (nSPS) is 18.7. The second kappa shape index (κ2) is 7.43. The number of hydrogen-bond donors (Lipinski definition) is 1. The quantitative estimate of drug-likeness (QED) is 0.779. The summed E-state index contributed by atoms with van der Waals surface area (Å²) in [6, 6.07) is 1.88. The smallest absolute Gasteiger partial charge is 0.274 e. The van der Waals surface area contributed by atoms with E-state index in [1.165, 1.54) is 0 Å². The standard InChI is InChI=1S/C15H25N3O2/c1-3-5-13-9-14(17-16-13)15(19)18-7-6-12(10-18)11-20-8-4-2/h9,12H,3-8,10-11H2,1-2H3,(H,16,17). The molecule has 112 valence electrons. The molecule has 1 N–H and O–H groups in total. The molecule has 1 aromatic rings. The lowest BCUT2D eigenvalue weighted by Crippen LogP contribution is -2.29. The number of ether oxygens (including phenoxy) is 1. The van der Waals surface area contributed by atoms with E-state index in [9.17, 15) is 4.79 Å². The molecule has 1 aliphatic heterocycles. The zero-order valence-electron chi connectivity index (χ0n) is 12.5. The van der Waals surface area contributed by atoms with Crippen LogP contribution in [0.2, 0.25) is 0 Å². The van der Waals surface area contributed by atoms with Crippen molar-refractivity contribution in [2.75, 3.05) is 26.3 Å². The molecule has 0 aliphatic carbocycles. The predicted molar refractivity (Wildman–Crippen MR) is 77.7 cm³/mol. The highest BCUT2D eigenvalue weighted by molar-refractivity contribution is 5.92. The number of nitrogens with zero attached hydrogens (tertiary/aromatic N) is 2. The molecule has 20 heavy (non-hydrogen) atoms. The zero-order chi connectivity index (χ0) is 14.4. The van der Waals surface area contributed by atoms with E-state index in [0.717, 1.165) is 57.7 Å². The Labute approximate surface area is 120 Å². The van der Waals surface area contributed by atoms with Crippen LogP contribution in [0.4, 0.5) is 0 Å². The van der Waals surface area contributed by atoms with Crippen LogP contribution in [-0.2, 0) is 11.2 Å². The second-order valence-electron chi connectivity index (χ2n) is 5.51. The average molecular weight is 279 g/mol. The maximum atomic E-state index is 12.3. The summed E-state index contributed by atoms with van der Waals surface area (Å²) in [6.45, 7) is 7.40. The molecule has 2 heterocycles. The minimum atomic E-state index is 0.0431. The lowest BCUT2D eigenvalue weighted by Gasteiger charge is -2.15. The summed E-state index contributed by atoms with van der Waals surface area (Å²) in [7, 11) is 0. The SMILES string of the molecule is CCCOCC1CCN(C(=O)c2cc(CCC)[nH]n2)C1. The first-order chi connectivity index (χ1) is 9.74. The van der Waals surface area contributed by atoms with Gasteiger partial charge in [0.1, 0.15) is 5.69 Å². The van der Waals surface area contributed by atoms with Crippen molar-refractivity contribution in [1.82, 2.24) is 15.1 Å². The number of rotatable bonds is 7. The van der Waals surface area contributed by atoms with Crippen LogP contribution >= 0.6 is 0 Å². The summed E-state index contributed by atoms with van der Waals surface area (Å²) in [4.78, 5) is 14.2. The first-order valence-corrected chi connectivity index (χ1v) is 7.65. The van der Waals surface area contributed by atoms with E-state index in [-0.39, 0.29) is 5.91 Å². The Morgan fingerprint density at radius 2 is 2.35 bits per heavy atom. The van der Waals surface area contributed by atoms with E-state index in [4.69, 9.17) is 4.74 Å². The van der Waals surface area contributed by atoms with Crippen molar-refractivity contribution in [2.45, 2.75) is 39.5 Å². The second-order valence-corrected chi connectivity index (χ2v) is 5.51. The monoisotopic (exact) mass is 279 g/mol. The maximum absolute atomic E-state index is 12.3. The van der Waals surface area contributed by atoms with Gasteiger partial charge in [-0.15, -0.1) is 0 Å². The molecule has 1 amide bonds. The Bertz CT molecular complexity index is 431. The first kappa shape index (κ1) is 15.0. The molecule has 0 radical (unpaired) electrons. The fraction of sp³-hybridized carbons (Fsp3) is 0.733. The molecular formula is C15H25N3O2. The van der Waals surface area contributed by atoms with Crippen LogP contribution in [0.1, 0.15) is 49.3 Å². The van der Waals surface area contributed by atoms with Crippen molar-refractivity contribution in [3.8, 4) is 0 Å². The molecule has 1 aliphatic rings. The molecule has 5 heteroatoms. The van der Waals surface area contributed by atoms with Crippen molar-refractivity contribution in [1.29, 1.82) is 0 Å². The lowest BCUT2D eigenvalue weighted by molar-refractivity contribution is 0.0749. The lowest BCUT2D eigenvalue weighted by atomic mass is 10.1. The Kier molecular flexibility index (Phi) is 5.59. The van der Waals surface area contributed by atoms with Gasteiger partial charge in [-0.05, 0) is 25.3 Å². The molecule has 0 saturated carbocycles. The van der Waals surface area contributed by atoms with Gasteiger partial charge in [-0.2, -0.15) is 5.10 Å². The van der Waals surface area contributed by atoms with Crippen LogP contribution in [0.3, 0.4) is 0 Å². The number of aromatic amines is 1. The number of carbonyl (C=O) groups excluding carboxylic acids is 1. The Morgan fingerprint density at radius 3 is 3.10 bits per heavy atom. The van der Waals surface area contributed by atoms with Gasteiger partial charge in [-0.1, -0.05) is 20.3 Å². The van der Waals surface area contributed by atoms with Gasteiger partial charge in [0, 0.05) is 31.3 Å². The molecule has 5 nitrogen and oxygen atoms in total. The average Bonchev–Trinajstić information content (AvgIpc) is 3.08. The number of aryl methyl sites for hydroxylation is 1. The van der Waals surface area contributed by atoms with E-state index in [2.05, 4.69) is 24.0 Å². The molecule has 0 aromatic carbocycles. The first-order valence-electron chi connectivity index (χ1n) is 7.65. The van der Waals surface area contributed by atoms with Crippen LogP contribution in [0.5, 0.6) is 0 Å². The Hall–Kier alpha value is -1.36. The summed E-state index contributed by atoms with van der Waals surface area (Å²) in [5.41, 5.74) is 1.58. The topological polar surface area (TPSA) is 58.2 Å². The molecule has 0 spiro atoms. The highest BCUT2D eigenvalue weighted by Gasteiger charge is 2.28.